The van der Waals surface area contributed by atoms with Crippen LogP contribution in [-0.2, 0) is 6.61 Å². The first-order valence-electron chi connectivity index (χ1n) is 10.2. The van der Waals surface area contributed by atoms with Crippen molar-refractivity contribution >= 4 is 40.5 Å². The fourth-order valence-corrected chi connectivity index (χ4v) is 3.95. The molecule has 0 radical (unpaired) electrons. The summed E-state index contributed by atoms with van der Waals surface area (Å²) in [4.78, 5) is 0. The van der Waals surface area contributed by atoms with Crippen molar-refractivity contribution in [1.82, 2.24) is 10.6 Å². The molecule has 8 heteroatoms. The molecule has 168 valence electrons. The highest BCUT2D eigenvalue weighted by molar-refractivity contribution is 7.80. The molecular formula is C24H25Cl2N3O2S. The van der Waals surface area contributed by atoms with E-state index in [4.69, 9.17) is 44.9 Å². The maximum Gasteiger partial charge on any atom is 0.171 e. The van der Waals surface area contributed by atoms with Gasteiger partial charge in [-0.1, -0.05) is 56.1 Å². The van der Waals surface area contributed by atoms with Gasteiger partial charge in [-0.2, -0.15) is 5.26 Å². The van der Waals surface area contributed by atoms with E-state index < -0.39 is 0 Å². The Bertz CT molecular complexity index is 1100. The highest BCUT2D eigenvalue weighted by Gasteiger charge is 2.32. The molecule has 0 amide bonds. The second-order valence-electron chi connectivity index (χ2n) is 8.36. The van der Waals surface area contributed by atoms with E-state index in [1.54, 1.807) is 12.1 Å². The molecule has 0 unspecified atom stereocenters. The Morgan fingerprint density at radius 1 is 1.06 bits per heavy atom. The van der Waals surface area contributed by atoms with E-state index in [9.17, 15) is 5.26 Å². The summed E-state index contributed by atoms with van der Waals surface area (Å²) >= 11 is 17.5. The SMILES string of the molecule is CCOc1cc([C@@H]2NC(=S)NC(C(C)(C)C)=C2C#N)ccc1OCc1ccc(Cl)c(Cl)c1. The summed E-state index contributed by atoms with van der Waals surface area (Å²) in [6.45, 7) is 8.82. The lowest BCUT2D eigenvalue weighted by molar-refractivity contribution is 0.269. The van der Waals surface area contributed by atoms with E-state index in [1.165, 1.54) is 0 Å². The molecule has 2 aromatic rings. The van der Waals surface area contributed by atoms with Crippen LogP contribution in [0.3, 0.4) is 0 Å². The molecule has 1 aliphatic rings. The Kier molecular flexibility index (Phi) is 7.55. The summed E-state index contributed by atoms with van der Waals surface area (Å²) < 4.78 is 11.8. The van der Waals surface area contributed by atoms with E-state index in [0.717, 1.165) is 16.8 Å². The minimum Gasteiger partial charge on any atom is -0.490 e. The minimum atomic E-state index is -0.383. The van der Waals surface area contributed by atoms with Crippen LogP contribution in [-0.4, -0.2) is 11.7 Å². The summed E-state index contributed by atoms with van der Waals surface area (Å²) in [5.74, 6) is 1.18. The predicted molar refractivity (Wildman–Crippen MR) is 132 cm³/mol. The Hall–Kier alpha value is -2.46. The number of nitrogens with zero attached hydrogens (tertiary/aromatic N) is 1. The van der Waals surface area contributed by atoms with Crippen molar-refractivity contribution in [3.05, 3.63) is 68.8 Å². The lowest BCUT2D eigenvalue weighted by Crippen LogP contribution is -2.46. The smallest absolute Gasteiger partial charge is 0.171 e. The molecule has 2 aromatic carbocycles. The van der Waals surface area contributed by atoms with Crippen LogP contribution in [0.15, 0.2) is 47.7 Å². The first-order valence-corrected chi connectivity index (χ1v) is 11.4. The van der Waals surface area contributed by atoms with Crippen molar-refractivity contribution < 1.29 is 9.47 Å². The van der Waals surface area contributed by atoms with Gasteiger partial charge in [0, 0.05) is 11.1 Å². The fourth-order valence-electron chi connectivity index (χ4n) is 3.41. The zero-order valence-corrected chi connectivity index (χ0v) is 20.7. The summed E-state index contributed by atoms with van der Waals surface area (Å²) in [7, 11) is 0. The molecule has 0 bridgehead atoms. The highest BCUT2D eigenvalue weighted by atomic mass is 35.5. The molecule has 2 N–H and O–H groups in total. The summed E-state index contributed by atoms with van der Waals surface area (Å²) in [5.41, 5.74) is 2.89. The first-order chi connectivity index (χ1) is 15.1. The van der Waals surface area contributed by atoms with Gasteiger partial charge in [-0.15, -0.1) is 0 Å². The number of benzene rings is 2. The Morgan fingerprint density at radius 2 is 1.81 bits per heavy atom. The molecule has 5 nitrogen and oxygen atoms in total. The predicted octanol–water partition coefficient (Wildman–Crippen LogP) is 6.31. The van der Waals surface area contributed by atoms with Crippen LogP contribution in [0.4, 0.5) is 0 Å². The average Bonchev–Trinajstić information content (AvgIpc) is 2.74. The molecule has 32 heavy (non-hydrogen) atoms. The monoisotopic (exact) mass is 489 g/mol. The van der Waals surface area contributed by atoms with E-state index in [-0.39, 0.29) is 11.5 Å². The van der Waals surface area contributed by atoms with Crippen molar-refractivity contribution in [2.24, 2.45) is 5.41 Å². The van der Waals surface area contributed by atoms with E-state index in [1.807, 2.05) is 52.0 Å². The normalized spacial score (nSPS) is 16.2. The van der Waals surface area contributed by atoms with Crippen molar-refractivity contribution in [2.75, 3.05) is 6.61 Å². The van der Waals surface area contributed by atoms with Crippen molar-refractivity contribution in [3.8, 4) is 17.6 Å². The average molecular weight is 490 g/mol. The van der Waals surface area contributed by atoms with Gasteiger partial charge >= 0.3 is 0 Å². The van der Waals surface area contributed by atoms with E-state index in [0.29, 0.717) is 45.4 Å². The fraction of sp³-hybridized carbons (Fsp3) is 0.333. The van der Waals surface area contributed by atoms with Crippen molar-refractivity contribution in [2.45, 2.75) is 40.3 Å². The molecule has 1 atom stereocenters. The van der Waals surface area contributed by atoms with Crippen LogP contribution < -0.4 is 20.1 Å². The van der Waals surface area contributed by atoms with Crippen molar-refractivity contribution in [3.63, 3.8) is 0 Å². The second kappa shape index (κ2) is 9.99. The zero-order valence-electron chi connectivity index (χ0n) is 18.4. The van der Waals surface area contributed by atoms with E-state index in [2.05, 4.69) is 16.7 Å². The Labute approximate surface area is 204 Å². The quantitative estimate of drug-likeness (QED) is 0.463. The van der Waals surface area contributed by atoms with Crippen LogP contribution >= 0.6 is 35.4 Å². The summed E-state index contributed by atoms with van der Waals surface area (Å²) in [6.07, 6.45) is 0. The topological polar surface area (TPSA) is 66.3 Å². The minimum absolute atomic E-state index is 0.263. The van der Waals surface area contributed by atoms with Crippen molar-refractivity contribution in [1.29, 1.82) is 5.26 Å². The summed E-state index contributed by atoms with van der Waals surface area (Å²) in [6, 6.07) is 13.0. The van der Waals surface area contributed by atoms with Gasteiger partial charge < -0.3 is 20.1 Å². The molecule has 0 aliphatic carbocycles. The molecule has 1 heterocycles. The van der Waals surface area contributed by atoms with Crippen LogP contribution in [0.2, 0.25) is 10.0 Å². The van der Waals surface area contributed by atoms with Gasteiger partial charge in [0.2, 0.25) is 0 Å². The van der Waals surface area contributed by atoms with Crippen LogP contribution in [0.5, 0.6) is 11.5 Å². The maximum atomic E-state index is 9.91. The Morgan fingerprint density at radius 3 is 2.44 bits per heavy atom. The van der Waals surface area contributed by atoms with Gasteiger partial charge in [0.25, 0.3) is 0 Å². The van der Waals surface area contributed by atoms with Gasteiger partial charge in [-0.25, -0.2) is 0 Å². The molecular weight excluding hydrogens is 465 g/mol. The summed E-state index contributed by atoms with van der Waals surface area (Å²) in [5, 5.41) is 17.7. The number of allylic oxidation sites excluding steroid dienone is 1. The molecule has 3 rings (SSSR count). The molecule has 0 spiro atoms. The standard InChI is InChI=1S/C24H25Cl2N3O2S/c1-5-30-20-11-15(21-16(12-27)22(24(2,3)4)29-23(32)28-21)7-9-19(20)31-13-14-6-8-17(25)18(26)10-14/h6-11,21H,5,13H2,1-4H3,(H2,28,29,32)/t21-/m0/s1. The number of hydrogen-bond donors (Lipinski definition) is 2. The zero-order chi connectivity index (χ0) is 23.5. The largest absolute Gasteiger partial charge is 0.490 e. The molecule has 0 saturated carbocycles. The number of nitrogens with one attached hydrogen (secondary N) is 2. The third kappa shape index (κ3) is 5.47. The third-order valence-electron chi connectivity index (χ3n) is 4.92. The second-order valence-corrected chi connectivity index (χ2v) is 9.58. The van der Waals surface area contributed by atoms with Gasteiger partial charge in [0.1, 0.15) is 6.61 Å². The highest BCUT2D eigenvalue weighted by Crippen LogP contribution is 2.38. The molecule has 0 aromatic heterocycles. The Balaban J connectivity index is 1.93. The van der Waals surface area contributed by atoms with E-state index >= 15 is 0 Å². The third-order valence-corrected chi connectivity index (χ3v) is 5.88. The van der Waals surface area contributed by atoms with Crippen LogP contribution in [0, 0.1) is 16.7 Å². The lowest BCUT2D eigenvalue weighted by Gasteiger charge is -2.35. The molecule has 0 fully saturated rings. The molecule has 0 saturated heterocycles. The number of halogens is 2. The van der Waals surface area contributed by atoms with Gasteiger partial charge in [-0.05, 0) is 54.5 Å². The number of nitriles is 1. The van der Waals surface area contributed by atoms with Gasteiger partial charge in [0.05, 0.1) is 34.3 Å². The van der Waals surface area contributed by atoms with Crippen LogP contribution in [0.1, 0.15) is 44.9 Å². The molecule has 1 aliphatic heterocycles. The van der Waals surface area contributed by atoms with Crippen LogP contribution in [0.25, 0.3) is 0 Å². The maximum absolute atomic E-state index is 9.91. The number of rotatable bonds is 6. The number of hydrogen-bond acceptors (Lipinski definition) is 4. The first kappa shape index (κ1) is 24.2. The number of ether oxygens (including phenoxy) is 2. The lowest BCUT2D eigenvalue weighted by atomic mass is 9.84. The number of thiocarbonyl (C=S) groups is 1. The van der Waals surface area contributed by atoms with Gasteiger partial charge in [0.15, 0.2) is 16.6 Å². The van der Waals surface area contributed by atoms with Gasteiger partial charge in [-0.3, -0.25) is 0 Å².